The first-order chi connectivity index (χ1) is 17.2. The first-order valence-electron chi connectivity index (χ1n) is 13.0. The van der Waals surface area contributed by atoms with Crippen LogP contribution in [0, 0.1) is 20.8 Å². The van der Waals surface area contributed by atoms with Crippen molar-refractivity contribution in [1.29, 1.82) is 0 Å². The summed E-state index contributed by atoms with van der Waals surface area (Å²) in [5, 5.41) is 2.02. The second kappa shape index (κ2) is 16.1. The van der Waals surface area contributed by atoms with Gasteiger partial charge in [0.15, 0.2) is 0 Å². The van der Waals surface area contributed by atoms with Crippen molar-refractivity contribution in [3.05, 3.63) is 88.4 Å². The van der Waals surface area contributed by atoms with Gasteiger partial charge in [-0.05, 0) is 75.1 Å². The standard InChI is InChI=1S/C17H21N.C13H21NOS.C2H4/c1-11(2)17-16(10-13(4)14(5)18-17)15-8-6-7-12(3)9-15;1-4-8-14(11(3)5-2)13(15)10-12-7-6-9-16-12;1-2/h6-11H,1-5H3;6-7,9,11H,4-5,8,10H2,1-3H3;1-2H2. The number of benzene rings is 1. The fourth-order valence-corrected chi connectivity index (χ4v) is 4.62. The molecule has 0 spiro atoms. The highest BCUT2D eigenvalue weighted by molar-refractivity contribution is 7.10. The van der Waals surface area contributed by atoms with Crippen LogP contribution >= 0.6 is 11.3 Å². The van der Waals surface area contributed by atoms with E-state index in [9.17, 15) is 4.79 Å². The van der Waals surface area contributed by atoms with Crippen molar-refractivity contribution in [3.8, 4) is 11.1 Å². The van der Waals surface area contributed by atoms with Gasteiger partial charge in [0.1, 0.15) is 0 Å². The largest absolute Gasteiger partial charge is 0.340 e. The van der Waals surface area contributed by atoms with Crippen molar-refractivity contribution in [3.63, 3.8) is 0 Å². The Hall–Kier alpha value is -2.72. The second-order valence-corrected chi connectivity index (χ2v) is 10.5. The Bertz CT molecular complexity index is 1060. The van der Waals surface area contributed by atoms with E-state index in [0.29, 0.717) is 18.4 Å². The highest BCUT2D eigenvalue weighted by Gasteiger charge is 2.18. The van der Waals surface area contributed by atoms with Gasteiger partial charge in [0, 0.05) is 28.7 Å². The molecule has 0 aliphatic carbocycles. The van der Waals surface area contributed by atoms with E-state index in [1.807, 2.05) is 22.4 Å². The number of amides is 1. The lowest BCUT2D eigenvalue weighted by atomic mass is 9.94. The van der Waals surface area contributed by atoms with Gasteiger partial charge in [0.25, 0.3) is 0 Å². The lowest BCUT2D eigenvalue weighted by Gasteiger charge is -2.28. The summed E-state index contributed by atoms with van der Waals surface area (Å²) in [6.07, 6.45) is 2.61. The van der Waals surface area contributed by atoms with Gasteiger partial charge in [-0.2, -0.15) is 0 Å². The van der Waals surface area contributed by atoms with Crippen molar-refractivity contribution in [1.82, 2.24) is 9.88 Å². The van der Waals surface area contributed by atoms with E-state index in [2.05, 4.69) is 98.9 Å². The van der Waals surface area contributed by atoms with E-state index in [-0.39, 0.29) is 5.91 Å². The predicted molar refractivity (Wildman–Crippen MR) is 159 cm³/mol. The summed E-state index contributed by atoms with van der Waals surface area (Å²) in [7, 11) is 0. The number of rotatable bonds is 8. The van der Waals surface area contributed by atoms with E-state index in [1.54, 1.807) is 11.3 Å². The van der Waals surface area contributed by atoms with E-state index in [4.69, 9.17) is 4.98 Å². The highest BCUT2D eigenvalue weighted by atomic mass is 32.1. The number of pyridine rings is 1. The molecule has 3 nitrogen and oxygen atoms in total. The predicted octanol–water partition coefficient (Wildman–Crippen LogP) is 8.93. The van der Waals surface area contributed by atoms with Gasteiger partial charge in [-0.1, -0.05) is 63.6 Å². The summed E-state index contributed by atoms with van der Waals surface area (Å²) in [5.41, 5.74) is 7.43. The zero-order chi connectivity index (χ0) is 27.3. The minimum Gasteiger partial charge on any atom is -0.340 e. The number of nitrogens with zero attached hydrogens (tertiary/aromatic N) is 2. The van der Waals surface area contributed by atoms with E-state index in [0.717, 1.165) is 30.0 Å². The Morgan fingerprint density at radius 3 is 2.25 bits per heavy atom. The average Bonchev–Trinajstić information content (AvgIpc) is 3.38. The Morgan fingerprint density at radius 2 is 1.72 bits per heavy atom. The number of carbonyl (C=O) groups excluding carboxylic acids is 1. The third-order valence-corrected chi connectivity index (χ3v) is 7.06. The summed E-state index contributed by atoms with van der Waals surface area (Å²) in [5.74, 6) is 0.707. The molecule has 0 bridgehead atoms. The Balaban J connectivity index is 0.000000339. The van der Waals surface area contributed by atoms with Gasteiger partial charge in [-0.3, -0.25) is 9.78 Å². The summed E-state index contributed by atoms with van der Waals surface area (Å²) in [6, 6.07) is 15.3. The number of thiophene rings is 1. The van der Waals surface area contributed by atoms with Gasteiger partial charge >= 0.3 is 0 Å². The first kappa shape index (κ1) is 31.3. The third kappa shape index (κ3) is 9.39. The van der Waals surface area contributed by atoms with Crippen molar-refractivity contribution >= 4 is 17.2 Å². The molecule has 0 saturated carbocycles. The summed E-state index contributed by atoms with van der Waals surface area (Å²) >= 11 is 1.66. The minimum absolute atomic E-state index is 0.263. The quantitative estimate of drug-likeness (QED) is 0.286. The number of carbonyl (C=O) groups is 1. The number of aromatic nitrogens is 1. The fourth-order valence-electron chi connectivity index (χ4n) is 3.92. The molecular formula is C32H46N2OS. The molecule has 0 aliphatic heterocycles. The number of aryl methyl sites for hydroxylation is 3. The van der Waals surface area contributed by atoms with Gasteiger partial charge in [-0.25, -0.2) is 0 Å². The Labute approximate surface area is 224 Å². The molecule has 36 heavy (non-hydrogen) atoms. The zero-order valence-corrected chi connectivity index (χ0v) is 24.5. The molecular weight excluding hydrogens is 460 g/mol. The molecule has 1 atom stereocenters. The maximum Gasteiger partial charge on any atom is 0.228 e. The first-order valence-corrected chi connectivity index (χ1v) is 13.9. The Morgan fingerprint density at radius 1 is 1.03 bits per heavy atom. The molecule has 1 amide bonds. The average molecular weight is 507 g/mol. The van der Waals surface area contributed by atoms with Crippen LogP contribution in [0.1, 0.15) is 80.8 Å². The van der Waals surface area contributed by atoms with Crippen LogP contribution in [-0.2, 0) is 11.2 Å². The van der Waals surface area contributed by atoms with Crippen molar-refractivity contribution in [2.75, 3.05) is 6.54 Å². The molecule has 0 saturated heterocycles. The van der Waals surface area contributed by atoms with Gasteiger partial charge in [0.2, 0.25) is 5.91 Å². The minimum atomic E-state index is 0.263. The lowest BCUT2D eigenvalue weighted by Crippen LogP contribution is -2.39. The molecule has 2 heterocycles. The van der Waals surface area contributed by atoms with Crippen LogP contribution in [0.4, 0.5) is 0 Å². The van der Waals surface area contributed by atoms with Crippen LogP contribution in [0.2, 0.25) is 0 Å². The monoisotopic (exact) mass is 506 g/mol. The molecule has 1 unspecified atom stereocenters. The maximum atomic E-state index is 12.1. The summed E-state index contributed by atoms with van der Waals surface area (Å²) in [4.78, 5) is 20.1. The van der Waals surface area contributed by atoms with Crippen LogP contribution < -0.4 is 0 Å². The molecule has 1 aromatic carbocycles. The van der Waals surface area contributed by atoms with E-state index in [1.165, 1.54) is 27.9 Å². The van der Waals surface area contributed by atoms with Gasteiger partial charge in [0.05, 0.1) is 12.1 Å². The molecule has 2 aromatic heterocycles. The fraction of sp³-hybridized carbons (Fsp3) is 0.438. The zero-order valence-electron chi connectivity index (χ0n) is 23.7. The third-order valence-electron chi connectivity index (χ3n) is 6.18. The summed E-state index contributed by atoms with van der Waals surface area (Å²) in [6.45, 7) is 24.0. The molecule has 4 heteroatoms. The van der Waals surface area contributed by atoms with Crippen LogP contribution in [-0.4, -0.2) is 28.4 Å². The summed E-state index contributed by atoms with van der Waals surface area (Å²) < 4.78 is 0. The van der Waals surface area contributed by atoms with Crippen LogP contribution in [0.3, 0.4) is 0 Å². The second-order valence-electron chi connectivity index (χ2n) is 9.45. The van der Waals surface area contributed by atoms with Crippen LogP contribution in [0.15, 0.2) is 61.0 Å². The lowest BCUT2D eigenvalue weighted by molar-refractivity contribution is -0.132. The Kier molecular flexibility index (Phi) is 14.0. The van der Waals surface area contributed by atoms with Gasteiger partial charge < -0.3 is 4.90 Å². The van der Waals surface area contributed by atoms with E-state index >= 15 is 0 Å². The van der Waals surface area contributed by atoms with Crippen molar-refractivity contribution < 1.29 is 4.79 Å². The topological polar surface area (TPSA) is 33.2 Å². The SMILES string of the molecule is C=C.CCCN(C(=O)Cc1cccs1)C(C)CC.Cc1cccc(-c2cc(C)c(C)nc2C(C)C)c1. The van der Waals surface area contributed by atoms with Crippen molar-refractivity contribution in [2.45, 2.75) is 86.6 Å². The van der Waals surface area contributed by atoms with Crippen molar-refractivity contribution in [2.24, 2.45) is 0 Å². The molecule has 3 aromatic rings. The molecule has 0 fully saturated rings. The van der Waals surface area contributed by atoms with E-state index < -0.39 is 0 Å². The molecule has 0 aliphatic rings. The molecule has 196 valence electrons. The number of hydrogen-bond acceptors (Lipinski definition) is 3. The van der Waals surface area contributed by atoms with Crippen LogP contribution in [0.25, 0.3) is 11.1 Å². The highest BCUT2D eigenvalue weighted by Crippen LogP contribution is 2.30. The molecule has 0 N–H and O–H groups in total. The normalized spacial score (nSPS) is 11.1. The maximum absolute atomic E-state index is 12.1. The van der Waals surface area contributed by atoms with Crippen LogP contribution in [0.5, 0.6) is 0 Å². The number of hydrogen-bond donors (Lipinski definition) is 0. The smallest absolute Gasteiger partial charge is 0.228 e. The molecule has 0 radical (unpaired) electrons. The van der Waals surface area contributed by atoms with Gasteiger partial charge in [-0.15, -0.1) is 24.5 Å². The molecule has 3 rings (SSSR count).